The lowest BCUT2D eigenvalue weighted by Gasteiger charge is -2.36. The fourth-order valence-electron chi connectivity index (χ4n) is 4.46. The molecular formula is C29H28N4O3. The summed E-state index contributed by atoms with van der Waals surface area (Å²) < 4.78 is 6.56. The van der Waals surface area contributed by atoms with Gasteiger partial charge in [0.25, 0.3) is 5.56 Å². The number of benzene rings is 3. The Morgan fingerprint density at radius 3 is 2.11 bits per heavy atom. The molecule has 4 aromatic rings. The maximum atomic E-state index is 13.5. The second-order valence-corrected chi connectivity index (χ2v) is 8.70. The van der Waals surface area contributed by atoms with Gasteiger partial charge in [0.15, 0.2) is 0 Å². The summed E-state index contributed by atoms with van der Waals surface area (Å²) in [5.74, 6) is 0.601. The smallest absolute Gasteiger partial charge is 0.275 e. The number of carbonyl (C=O) groups is 1. The van der Waals surface area contributed by atoms with Gasteiger partial charge in [-0.1, -0.05) is 60.7 Å². The van der Waals surface area contributed by atoms with Crippen LogP contribution in [0.2, 0.25) is 0 Å². The Bertz CT molecular complexity index is 1380. The van der Waals surface area contributed by atoms with Crippen molar-refractivity contribution in [2.24, 2.45) is 0 Å². The predicted molar refractivity (Wildman–Crippen MR) is 141 cm³/mol. The Morgan fingerprint density at radius 2 is 1.47 bits per heavy atom. The molecule has 7 heteroatoms. The average molecular weight is 481 g/mol. The zero-order valence-electron chi connectivity index (χ0n) is 20.2. The van der Waals surface area contributed by atoms with E-state index >= 15 is 0 Å². The van der Waals surface area contributed by atoms with E-state index in [4.69, 9.17) is 4.74 Å². The number of rotatable bonds is 6. The maximum Gasteiger partial charge on any atom is 0.275 e. The highest BCUT2D eigenvalue weighted by Crippen LogP contribution is 2.24. The molecule has 1 amide bonds. The minimum absolute atomic E-state index is 0.103. The second kappa shape index (κ2) is 10.5. The van der Waals surface area contributed by atoms with Gasteiger partial charge in [-0.05, 0) is 35.9 Å². The van der Waals surface area contributed by atoms with Gasteiger partial charge in [0, 0.05) is 37.4 Å². The molecule has 0 saturated carbocycles. The van der Waals surface area contributed by atoms with Crippen LogP contribution in [0.3, 0.4) is 0 Å². The van der Waals surface area contributed by atoms with E-state index < -0.39 is 0 Å². The van der Waals surface area contributed by atoms with E-state index in [1.165, 1.54) is 4.68 Å². The normalized spacial score (nSPS) is 13.5. The van der Waals surface area contributed by atoms with Crippen molar-refractivity contribution in [3.8, 4) is 28.1 Å². The van der Waals surface area contributed by atoms with Gasteiger partial charge in [0.1, 0.15) is 12.3 Å². The summed E-state index contributed by atoms with van der Waals surface area (Å²) in [6, 6.07) is 29.0. The summed E-state index contributed by atoms with van der Waals surface area (Å²) in [4.78, 5) is 30.8. The van der Waals surface area contributed by atoms with Crippen LogP contribution in [0.1, 0.15) is 0 Å². The number of para-hydroxylation sites is 1. The molecular weight excluding hydrogens is 452 g/mol. The number of hydrogen-bond acceptors (Lipinski definition) is 5. The Kier molecular flexibility index (Phi) is 6.80. The highest BCUT2D eigenvalue weighted by atomic mass is 16.5. The monoisotopic (exact) mass is 480 g/mol. The second-order valence-electron chi connectivity index (χ2n) is 8.70. The molecule has 0 radical (unpaired) electrons. The van der Waals surface area contributed by atoms with Crippen molar-refractivity contribution in [2.75, 3.05) is 38.2 Å². The number of nitrogens with zero attached hydrogens (tertiary/aromatic N) is 4. The summed E-state index contributed by atoms with van der Waals surface area (Å²) >= 11 is 0. The van der Waals surface area contributed by atoms with Crippen LogP contribution >= 0.6 is 0 Å². The summed E-state index contributed by atoms with van der Waals surface area (Å²) in [5.41, 5.74) is 3.62. The molecule has 1 fully saturated rings. The molecule has 182 valence electrons. The fraction of sp³-hybridized carbons (Fsp3) is 0.207. The number of methoxy groups -OCH3 is 1. The first-order valence-corrected chi connectivity index (χ1v) is 12.0. The van der Waals surface area contributed by atoms with E-state index in [0.29, 0.717) is 30.1 Å². The minimum atomic E-state index is -0.295. The molecule has 3 aromatic carbocycles. The topological polar surface area (TPSA) is 67.7 Å². The predicted octanol–water partition coefficient (Wildman–Crippen LogP) is 3.93. The number of hydrogen-bond donors (Lipinski definition) is 0. The molecule has 1 aliphatic rings. The molecule has 2 heterocycles. The van der Waals surface area contributed by atoms with Gasteiger partial charge in [-0.3, -0.25) is 9.59 Å². The van der Waals surface area contributed by atoms with Gasteiger partial charge in [-0.25, -0.2) is 4.68 Å². The first-order chi connectivity index (χ1) is 17.6. The zero-order valence-corrected chi connectivity index (χ0v) is 20.2. The Balaban J connectivity index is 1.41. The summed E-state index contributed by atoms with van der Waals surface area (Å²) in [7, 11) is 1.60. The lowest BCUT2D eigenvalue weighted by molar-refractivity contribution is -0.132. The lowest BCUT2D eigenvalue weighted by atomic mass is 10.0. The van der Waals surface area contributed by atoms with Gasteiger partial charge in [0.2, 0.25) is 5.91 Å². The van der Waals surface area contributed by atoms with Crippen LogP contribution in [0.15, 0.2) is 95.8 Å². The fourth-order valence-corrected chi connectivity index (χ4v) is 4.46. The molecule has 0 unspecified atom stereocenters. The van der Waals surface area contributed by atoms with Crippen molar-refractivity contribution in [3.63, 3.8) is 0 Å². The first kappa shape index (κ1) is 23.4. The van der Waals surface area contributed by atoms with Crippen molar-refractivity contribution in [2.45, 2.75) is 6.54 Å². The quantitative estimate of drug-likeness (QED) is 0.418. The van der Waals surface area contributed by atoms with Crippen LogP contribution in [-0.4, -0.2) is 53.9 Å². The molecule has 0 spiro atoms. The Hall–Kier alpha value is -4.39. The molecule has 7 nitrogen and oxygen atoms in total. The Morgan fingerprint density at radius 1 is 0.833 bits per heavy atom. The van der Waals surface area contributed by atoms with Crippen molar-refractivity contribution in [3.05, 3.63) is 101 Å². The largest absolute Gasteiger partial charge is 0.497 e. The van der Waals surface area contributed by atoms with Crippen molar-refractivity contribution in [1.29, 1.82) is 0 Å². The highest BCUT2D eigenvalue weighted by molar-refractivity contribution is 5.77. The third-order valence-corrected chi connectivity index (χ3v) is 6.48. The maximum absolute atomic E-state index is 13.5. The molecule has 36 heavy (non-hydrogen) atoms. The standard InChI is InChI=1S/C29H28N4O3/c1-36-25-14-12-22(13-15-25)26-20-27(23-8-4-2-5-9-23)30-33(29(26)35)21-28(34)32-18-16-31(17-19-32)24-10-6-3-7-11-24/h2-15,20H,16-19,21H2,1H3. The van der Waals surface area contributed by atoms with Crippen LogP contribution in [0.4, 0.5) is 5.69 Å². The number of anilines is 1. The van der Waals surface area contributed by atoms with Crippen LogP contribution in [-0.2, 0) is 11.3 Å². The van der Waals surface area contributed by atoms with Crippen LogP contribution < -0.4 is 15.2 Å². The van der Waals surface area contributed by atoms with Gasteiger partial charge >= 0.3 is 0 Å². The number of carbonyl (C=O) groups excluding carboxylic acids is 1. The van der Waals surface area contributed by atoms with E-state index in [1.54, 1.807) is 13.2 Å². The minimum Gasteiger partial charge on any atom is -0.497 e. The van der Waals surface area contributed by atoms with Crippen molar-refractivity contribution in [1.82, 2.24) is 14.7 Å². The SMILES string of the molecule is COc1ccc(-c2cc(-c3ccccc3)nn(CC(=O)N3CCN(c4ccccc4)CC3)c2=O)cc1. The first-order valence-electron chi connectivity index (χ1n) is 12.0. The van der Waals surface area contributed by atoms with Gasteiger partial charge in [-0.2, -0.15) is 5.10 Å². The molecule has 1 aliphatic heterocycles. The van der Waals surface area contributed by atoms with E-state index in [-0.39, 0.29) is 18.0 Å². The van der Waals surface area contributed by atoms with Crippen molar-refractivity contribution >= 4 is 11.6 Å². The summed E-state index contributed by atoms with van der Waals surface area (Å²) in [5, 5.41) is 4.58. The third kappa shape index (κ3) is 5.00. The zero-order chi connectivity index (χ0) is 24.9. The molecule has 0 aliphatic carbocycles. The molecule has 1 saturated heterocycles. The number of ether oxygens (including phenoxy) is 1. The van der Waals surface area contributed by atoms with Crippen LogP contribution in [0.25, 0.3) is 22.4 Å². The van der Waals surface area contributed by atoms with Gasteiger partial charge < -0.3 is 14.5 Å². The van der Waals surface area contributed by atoms with Crippen LogP contribution in [0, 0.1) is 0 Å². The highest BCUT2D eigenvalue weighted by Gasteiger charge is 2.23. The average Bonchev–Trinajstić information content (AvgIpc) is 2.95. The number of amides is 1. The molecule has 5 rings (SSSR count). The third-order valence-electron chi connectivity index (χ3n) is 6.48. The van der Waals surface area contributed by atoms with Crippen molar-refractivity contribution < 1.29 is 9.53 Å². The molecule has 0 atom stereocenters. The van der Waals surface area contributed by atoms with Crippen LogP contribution in [0.5, 0.6) is 5.75 Å². The summed E-state index contributed by atoms with van der Waals surface area (Å²) in [6.07, 6.45) is 0. The Labute approximate surface area is 210 Å². The molecule has 0 N–H and O–H groups in total. The number of piperazine rings is 1. The van der Waals surface area contributed by atoms with E-state index in [9.17, 15) is 9.59 Å². The van der Waals surface area contributed by atoms with Gasteiger partial charge in [-0.15, -0.1) is 0 Å². The van der Waals surface area contributed by atoms with E-state index in [0.717, 1.165) is 29.9 Å². The van der Waals surface area contributed by atoms with Gasteiger partial charge in [0.05, 0.1) is 18.4 Å². The molecule has 0 bridgehead atoms. The van der Waals surface area contributed by atoms with E-state index in [1.807, 2.05) is 77.7 Å². The summed E-state index contributed by atoms with van der Waals surface area (Å²) in [6.45, 7) is 2.60. The lowest BCUT2D eigenvalue weighted by Crippen LogP contribution is -2.50. The number of aromatic nitrogens is 2. The van der Waals surface area contributed by atoms with E-state index in [2.05, 4.69) is 22.1 Å². The molecule has 1 aromatic heterocycles.